The Hall–Kier alpha value is -0.800. The number of aliphatic imine (C=N–C) groups is 1. The summed E-state index contributed by atoms with van der Waals surface area (Å²) in [6.45, 7) is 0.384. The molecule has 0 aromatic carbocycles. The second-order valence-electron chi connectivity index (χ2n) is 1.14. The molecule has 0 bridgehead atoms. The molecule has 0 aliphatic carbocycles. The standard InChI is InChI=1S/C6H4N2S2/c7-5-10-4-2-1-3-8-6-9/h3-4H2. The van der Waals surface area contributed by atoms with E-state index in [0.29, 0.717) is 12.3 Å². The Kier molecular flexibility index (Phi) is 7.54. The van der Waals surface area contributed by atoms with Gasteiger partial charge in [-0.25, -0.2) is 4.99 Å². The van der Waals surface area contributed by atoms with E-state index in [0.717, 1.165) is 11.8 Å². The highest BCUT2D eigenvalue weighted by Gasteiger charge is 1.73. The van der Waals surface area contributed by atoms with Gasteiger partial charge in [0.1, 0.15) is 11.9 Å². The molecule has 0 saturated carbocycles. The van der Waals surface area contributed by atoms with E-state index in [9.17, 15) is 0 Å². The topological polar surface area (TPSA) is 36.1 Å². The van der Waals surface area contributed by atoms with Crippen molar-refractivity contribution in [3.8, 4) is 17.2 Å². The van der Waals surface area contributed by atoms with E-state index in [2.05, 4.69) is 34.2 Å². The first-order valence-corrected chi connectivity index (χ1v) is 3.81. The number of nitrogens with zero attached hydrogens (tertiary/aromatic N) is 2. The van der Waals surface area contributed by atoms with Crippen LogP contribution in [0.1, 0.15) is 0 Å². The first-order chi connectivity index (χ1) is 4.91. The van der Waals surface area contributed by atoms with Crippen molar-refractivity contribution in [1.29, 1.82) is 5.26 Å². The molecule has 0 fully saturated rings. The lowest BCUT2D eigenvalue weighted by Gasteiger charge is -1.73. The molecule has 0 atom stereocenters. The molecule has 0 radical (unpaired) electrons. The smallest absolute Gasteiger partial charge is 0.134 e. The van der Waals surface area contributed by atoms with Gasteiger partial charge in [0.2, 0.25) is 0 Å². The summed E-state index contributed by atoms with van der Waals surface area (Å²) in [5, 5.41) is 12.2. The van der Waals surface area contributed by atoms with Crippen molar-refractivity contribution in [2.45, 2.75) is 0 Å². The maximum absolute atomic E-state index is 8.06. The van der Waals surface area contributed by atoms with Crippen LogP contribution in [0, 0.1) is 22.5 Å². The largest absolute Gasteiger partial charge is 0.219 e. The van der Waals surface area contributed by atoms with Crippen molar-refractivity contribution in [3.63, 3.8) is 0 Å². The van der Waals surface area contributed by atoms with Crippen molar-refractivity contribution in [2.75, 3.05) is 12.3 Å². The van der Waals surface area contributed by atoms with E-state index < -0.39 is 0 Å². The molecule has 0 rings (SSSR count). The van der Waals surface area contributed by atoms with Crippen LogP contribution in [0.25, 0.3) is 0 Å². The van der Waals surface area contributed by atoms with E-state index in [4.69, 9.17) is 5.26 Å². The molecule has 0 heterocycles. The lowest BCUT2D eigenvalue weighted by molar-refractivity contribution is 1.31. The highest BCUT2D eigenvalue weighted by molar-refractivity contribution is 8.03. The highest BCUT2D eigenvalue weighted by Crippen LogP contribution is 1.90. The summed E-state index contributed by atoms with van der Waals surface area (Å²) in [5.41, 5.74) is 0. The van der Waals surface area contributed by atoms with Crippen molar-refractivity contribution in [1.82, 2.24) is 0 Å². The quantitative estimate of drug-likeness (QED) is 0.205. The molecule has 0 spiro atoms. The van der Waals surface area contributed by atoms with Gasteiger partial charge in [0.25, 0.3) is 0 Å². The van der Waals surface area contributed by atoms with Gasteiger partial charge < -0.3 is 0 Å². The van der Waals surface area contributed by atoms with Crippen LogP contribution in [0.5, 0.6) is 0 Å². The maximum atomic E-state index is 8.06. The van der Waals surface area contributed by atoms with E-state index in [1.807, 2.05) is 5.40 Å². The van der Waals surface area contributed by atoms with Gasteiger partial charge in [-0.3, -0.25) is 0 Å². The third-order valence-corrected chi connectivity index (χ3v) is 1.10. The fourth-order valence-corrected chi connectivity index (χ4v) is 0.550. The number of thioether (sulfide) groups is 1. The minimum Gasteiger partial charge on any atom is -0.219 e. The Labute approximate surface area is 69.3 Å². The van der Waals surface area contributed by atoms with Crippen LogP contribution < -0.4 is 0 Å². The Bertz CT molecular complexity index is 224. The normalized spacial score (nSPS) is 6.30. The lowest BCUT2D eigenvalue weighted by Crippen LogP contribution is -1.71. The Morgan fingerprint density at radius 2 is 2.30 bits per heavy atom. The molecular weight excluding hydrogens is 164 g/mol. The second kappa shape index (κ2) is 8.20. The minimum atomic E-state index is 0.384. The molecule has 0 unspecified atom stereocenters. The molecule has 0 aromatic rings. The van der Waals surface area contributed by atoms with Crippen LogP contribution >= 0.6 is 24.0 Å². The third-order valence-electron chi connectivity index (χ3n) is 0.557. The predicted molar refractivity (Wildman–Crippen MR) is 45.7 cm³/mol. The van der Waals surface area contributed by atoms with Gasteiger partial charge in [0.05, 0.1) is 10.9 Å². The van der Waals surface area contributed by atoms with Gasteiger partial charge in [-0.15, -0.1) is 0 Å². The van der Waals surface area contributed by atoms with Crippen molar-refractivity contribution in [2.24, 2.45) is 4.99 Å². The number of hydrogen-bond donors (Lipinski definition) is 0. The molecule has 0 aliphatic heterocycles. The molecule has 0 aromatic heterocycles. The fourth-order valence-electron chi connectivity index (χ4n) is 0.247. The van der Waals surface area contributed by atoms with Gasteiger partial charge in [-0.1, -0.05) is 11.8 Å². The van der Waals surface area contributed by atoms with Crippen LogP contribution in [-0.2, 0) is 0 Å². The van der Waals surface area contributed by atoms with E-state index in [1.165, 1.54) is 0 Å². The lowest BCUT2D eigenvalue weighted by atomic mass is 10.6. The molecule has 2 nitrogen and oxygen atoms in total. The van der Waals surface area contributed by atoms with Crippen molar-refractivity contribution in [3.05, 3.63) is 0 Å². The second-order valence-corrected chi connectivity index (χ2v) is 2.08. The molecule has 50 valence electrons. The van der Waals surface area contributed by atoms with Gasteiger partial charge in [0, 0.05) is 0 Å². The predicted octanol–water partition coefficient (Wildman–Crippen LogP) is 1.31. The number of hydrogen-bond acceptors (Lipinski definition) is 4. The number of thiocyanates is 1. The summed E-state index contributed by atoms with van der Waals surface area (Å²) >= 11 is 5.42. The molecule has 0 N–H and O–H groups in total. The van der Waals surface area contributed by atoms with Crippen LogP contribution in [-0.4, -0.2) is 17.5 Å². The number of thiocarbonyl (C=S) groups is 1. The molecule has 4 heteroatoms. The van der Waals surface area contributed by atoms with Crippen LogP contribution in [0.4, 0.5) is 0 Å². The average Bonchev–Trinajstić information content (AvgIpc) is 1.97. The Morgan fingerprint density at radius 3 is 2.90 bits per heavy atom. The first-order valence-electron chi connectivity index (χ1n) is 2.42. The summed E-state index contributed by atoms with van der Waals surface area (Å²) < 4.78 is 0. The number of nitriles is 1. The van der Waals surface area contributed by atoms with Crippen LogP contribution in [0.3, 0.4) is 0 Å². The highest BCUT2D eigenvalue weighted by atomic mass is 32.2. The molecule has 10 heavy (non-hydrogen) atoms. The zero-order valence-corrected chi connectivity index (χ0v) is 6.76. The van der Waals surface area contributed by atoms with E-state index >= 15 is 0 Å². The fraction of sp³-hybridized carbons (Fsp3) is 0.333. The first kappa shape index (κ1) is 9.20. The van der Waals surface area contributed by atoms with Crippen LogP contribution in [0.15, 0.2) is 4.99 Å². The molecular formula is C6H4N2S2. The van der Waals surface area contributed by atoms with E-state index in [1.54, 1.807) is 0 Å². The number of isothiocyanates is 1. The summed E-state index contributed by atoms with van der Waals surface area (Å²) in [6.07, 6.45) is 0. The Morgan fingerprint density at radius 1 is 1.50 bits per heavy atom. The number of rotatable bonds is 2. The Balaban J connectivity index is 3.33. The molecule has 0 saturated heterocycles. The summed E-state index contributed by atoms with van der Waals surface area (Å²) in [7, 11) is 0. The summed E-state index contributed by atoms with van der Waals surface area (Å²) in [5.74, 6) is 5.97. The molecule has 0 aliphatic rings. The zero-order chi connectivity index (χ0) is 7.66. The summed E-state index contributed by atoms with van der Waals surface area (Å²) in [6, 6.07) is 0. The monoisotopic (exact) mass is 168 g/mol. The van der Waals surface area contributed by atoms with Crippen LogP contribution in [0.2, 0.25) is 0 Å². The van der Waals surface area contributed by atoms with E-state index in [-0.39, 0.29) is 0 Å². The van der Waals surface area contributed by atoms with Gasteiger partial charge in [-0.05, 0) is 24.0 Å². The van der Waals surface area contributed by atoms with Gasteiger partial charge >= 0.3 is 0 Å². The minimum absolute atomic E-state index is 0.384. The third kappa shape index (κ3) is 7.20. The summed E-state index contributed by atoms with van der Waals surface area (Å²) in [4.78, 5) is 3.57. The average molecular weight is 168 g/mol. The van der Waals surface area contributed by atoms with Gasteiger partial charge in [0.15, 0.2) is 0 Å². The zero-order valence-electron chi connectivity index (χ0n) is 5.13. The molecule has 0 amide bonds. The SMILES string of the molecule is N#CSCC#CCN=C=S. The van der Waals surface area contributed by atoms with Crippen molar-refractivity contribution >= 4 is 29.1 Å². The maximum Gasteiger partial charge on any atom is 0.134 e. The van der Waals surface area contributed by atoms with Crippen molar-refractivity contribution < 1.29 is 0 Å². The van der Waals surface area contributed by atoms with Gasteiger partial charge in [-0.2, -0.15) is 5.26 Å².